The van der Waals surface area contributed by atoms with Crippen molar-refractivity contribution < 1.29 is 5.11 Å². The lowest BCUT2D eigenvalue weighted by Crippen LogP contribution is -2.24. The lowest BCUT2D eigenvalue weighted by molar-refractivity contribution is 0.282. The molecule has 0 aliphatic carbocycles. The quantitative estimate of drug-likeness (QED) is 0.812. The third-order valence-electron chi connectivity index (χ3n) is 2.62. The Morgan fingerprint density at radius 1 is 1.44 bits per heavy atom. The number of aryl methyl sites for hydroxylation is 1. The monoisotopic (exact) mass is 267 g/mol. The molecule has 2 heterocycles. The fraction of sp³-hybridized carbons (Fsp3) is 0.545. The lowest BCUT2D eigenvalue weighted by atomic mass is 10.2. The number of aliphatic hydroxyl groups is 1. The van der Waals surface area contributed by atoms with Gasteiger partial charge >= 0.3 is 0 Å². The van der Waals surface area contributed by atoms with Gasteiger partial charge < -0.3 is 10.4 Å². The molecule has 0 saturated carbocycles. The van der Waals surface area contributed by atoms with Gasteiger partial charge in [-0.2, -0.15) is 16.3 Å². The summed E-state index contributed by atoms with van der Waals surface area (Å²) in [6, 6.07) is 3.98. The van der Waals surface area contributed by atoms with Crippen LogP contribution in [0.2, 0.25) is 0 Å². The third kappa shape index (κ3) is 2.91. The van der Waals surface area contributed by atoms with Gasteiger partial charge in [0.25, 0.3) is 0 Å². The van der Waals surface area contributed by atoms with Gasteiger partial charge in [0, 0.05) is 18.4 Å². The molecule has 0 aliphatic rings. The summed E-state index contributed by atoms with van der Waals surface area (Å²) in [6.45, 7) is 2.04. The normalized spacial score (nSPS) is 12.8. The second kappa shape index (κ2) is 6.01. The zero-order chi connectivity index (χ0) is 13.0. The van der Waals surface area contributed by atoms with Crippen molar-refractivity contribution in [3.63, 3.8) is 0 Å². The molecule has 98 valence electrons. The topological polar surface area (TPSA) is 75.3 Å². The first-order valence-electron chi connectivity index (χ1n) is 5.80. The highest BCUT2D eigenvalue weighted by Gasteiger charge is 2.09. The van der Waals surface area contributed by atoms with Gasteiger partial charge in [0.05, 0.1) is 0 Å². The van der Waals surface area contributed by atoms with Crippen molar-refractivity contribution in [3.05, 3.63) is 18.0 Å². The van der Waals surface area contributed by atoms with Crippen LogP contribution in [0, 0.1) is 6.92 Å². The Morgan fingerprint density at radius 3 is 3.00 bits per heavy atom. The van der Waals surface area contributed by atoms with Crippen molar-refractivity contribution >= 4 is 23.2 Å². The highest BCUT2D eigenvalue weighted by atomic mass is 32.2. The molecule has 2 aromatic heterocycles. The highest BCUT2D eigenvalue weighted by Crippen LogP contribution is 2.11. The Balaban J connectivity index is 2.16. The SMILES string of the molecule is CSC[C@H](CCO)Nc1ccc2nnc(C)n2n1. The van der Waals surface area contributed by atoms with Crippen LogP contribution >= 0.6 is 11.8 Å². The van der Waals surface area contributed by atoms with Gasteiger partial charge in [-0.3, -0.25) is 0 Å². The van der Waals surface area contributed by atoms with Gasteiger partial charge in [-0.25, -0.2) is 0 Å². The van der Waals surface area contributed by atoms with Gasteiger partial charge in [-0.15, -0.1) is 15.3 Å². The predicted molar refractivity (Wildman–Crippen MR) is 73.0 cm³/mol. The number of rotatable bonds is 6. The van der Waals surface area contributed by atoms with E-state index in [-0.39, 0.29) is 12.6 Å². The average molecular weight is 267 g/mol. The van der Waals surface area contributed by atoms with Gasteiger partial charge in [0.15, 0.2) is 11.5 Å². The van der Waals surface area contributed by atoms with Crippen LogP contribution in [0.25, 0.3) is 5.65 Å². The van der Waals surface area contributed by atoms with E-state index >= 15 is 0 Å². The second-order valence-corrected chi connectivity index (χ2v) is 4.96. The number of fused-ring (bicyclic) bond motifs is 1. The van der Waals surface area contributed by atoms with E-state index in [0.717, 1.165) is 23.0 Å². The Bertz CT molecular complexity index is 509. The molecule has 0 aromatic carbocycles. The first kappa shape index (κ1) is 13.1. The molecule has 1 atom stereocenters. The summed E-state index contributed by atoms with van der Waals surface area (Å²) in [5.41, 5.74) is 0.738. The summed E-state index contributed by atoms with van der Waals surface area (Å²) >= 11 is 1.74. The van der Waals surface area contributed by atoms with Crippen LogP contribution in [0.3, 0.4) is 0 Å². The van der Waals surface area contributed by atoms with Crippen LogP contribution in [0.4, 0.5) is 5.82 Å². The molecule has 6 nitrogen and oxygen atoms in total. The number of aromatic nitrogens is 4. The third-order valence-corrected chi connectivity index (χ3v) is 3.35. The van der Waals surface area contributed by atoms with Crippen molar-refractivity contribution in [2.45, 2.75) is 19.4 Å². The molecule has 0 amide bonds. The number of aliphatic hydroxyl groups excluding tert-OH is 1. The average Bonchev–Trinajstić information content (AvgIpc) is 2.72. The Labute approximate surface area is 110 Å². The van der Waals surface area contributed by atoms with E-state index in [1.165, 1.54) is 0 Å². The van der Waals surface area contributed by atoms with Crippen molar-refractivity contribution in [2.75, 3.05) is 23.9 Å². The number of hydrogen-bond donors (Lipinski definition) is 2. The first-order valence-corrected chi connectivity index (χ1v) is 7.19. The minimum Gasteiger partial charge on any atom is -0.396 e. The summed E-state index contributed by atoms with van der Waals surface area (Å²) < 4.78 is 1.71. The molecule has 2 aromatic rings. The molecule has 0 spiro atoms. The Kier molecular flexibility index (Phi) is 4.38. The van der Waals surface area contributed by atoms with Crippen molar-refractivity contribution in [1.29, 1.82) is 0 Å². The molecule has 0 bridgehead atoms. The van der Waals surface area contributed by atoms with Gasteiger partial charge in [0.2, 0.25) is 0 Å². The maximum Gasteiger partial charge on any atom is 0.178 e. The standard InChI is InChI=1S/C11H17N5OS/c1-8-13-14-11-4-3-10(15-16(8)11)12-9(5-6-17)7-18-2/h3-4,9,17H,5-7H2,1-2H3,(H,12,15)/t9-/m0/s1. The Morgan fingerprint density at radius 2 is 2.28 bits per heavy atom. The van der Waals surface area contributed by atoms with Crippen LogP contribution in [-0.4, -0.2) is 49.6 Å². The van der Waals surface area contributed by atoms with Crippen molar-refractivity contribution in [3.8, 4) is 0 Å². The van der Waals surface area contributed by atoms with E-state index in [9.17, 15) is 0 Å². The van der Waals surface area contributed by atoms with E-state index in [1.54, 1.807) is 16.3 Å². The minimum absolute atomic E-state index is 0.173. The summed E-state index contributed by atoms with van der Waals surface area (Å²) in [5, 5.41) is 24.7. The number of thioether (sulfide) groups is 1. The fourth-order valence-corrected chi connectivity index (χ4v) is 2.39. The number of anilines is 1. The molecular weight excluding hydrogens is 250 g/mol. The number of hydrogen-bond acceptors (Lipinski definition) is 6. The summed E-state index contributed by atoms with van der Waals surface area (Å²) in [4.78, 5) is 0. The summed E-state index contributed by atoms with van der Waals surface area (Å²) in [6.07, 6.45) is 2.76. The maximum atomic E-state index is 9.03. The molecule has 0 saturated heterocycles. The smallest absolute Gasteiger partial charge is 0.178 e. The highest BCUT2D eigenvalue weighted by molar-refractivity contribution is 7.98. The molecule has 0 unspecified atom stereocenters. The molecule has 0 radical (unpaired) electrons. The largest absolute Gasteiger partial charge is 0.396 e. The molecule has 2 rings (SSSR count). The first-order chi connectivity index (χ1) is 8.74. The molecular formula is C11H17N5OS. The Hall–Kier alpha value is -1.34. The maximum absolute atomic E-state index is 9.03. The van der Waals surface area contributed by atoms with Crippen LogP contribution in [0.5, 0.6) is 0 Å². The van der Waals surface area contributed by atoms with Crippen LogP contribution in [0.1, 0.15) is 12.2 Å². The van der Waals surface area contributed by atoms with Gasteiger partial charge in [0.1, 0.15) is 5.82 Å². The molecule has 0 fully saturated rings. The zero-order valence-electron chi connectivity index (χ0n) is 10.5. The number of nitrogens with one attached hydrogen (secondary N) is 1. The molecule has 18 heavy (non-hydrogen) atoms. The van der Waals surface area contributed by atoms with Crippen molar-refractivity contribution in [1.82, 2.24) is 19.8 Å². The molecule has 0 aliphatic heterocycles. The fourth-order valence-electron chi connectivity index (χ4n) is 1.74. The molecule has 7 heteroatoms. The van der Waals surface area contributed by atoms with Crippen LogP contribution < -0.4 is 5.32 Å². The molecule has 2 N–H and O–H groups in total. The van der Waals surface area contributed by atoms with Crippen LogP contribution in [-0.2, 0) is 0 Å². The van der Waals surface area contributed by atoms with E-state index in [2.05, 4.69) is 20.6 Å². The van der Waals surface area contributed by atoms with E-state index in [1.807, 2.05) is 25.3 Å². The second-order valence-electron chi connectivity index (χ2n) is 4.04. The minimum atomic E-state index is 0.173. The number of nitrogens with zero attached hydrogens (tertiary/aromatic N) is 4. The van der Waals surface area contributed by atoms with Crippen LogP contribution in [0.15, 0.2) is 12.1 Å². The van der Waals surface area contributed by atoms with E-state index < -0.39 is 0 Å². The predicted octanol–water partition coefficient (Wildman–Crippen LogP) is 0.959. The lowest BCUT2D eigenvalue weighted by Gasteiger charge is -2.17. The van der Waals surface area contributed by atoms with Gasteiger partial charge in [-0.05, 0) is 31.7 Å². The van der Waals surface area contributed by atoms with E-state index in [4.69, 9.17) is 5.11 Å². The summed E-state index contributed by atoms with van der Waals surface area (Å²) in [5.74, 6) is 2.47. The zero-order valence-corrected chi connectivity index (χ0v) is 11.3. The van der Waals surface area contributed by atoms with Gasteiger partial charge in [-0.1, -0.05) is 0 Å². The summed E-state index contributed by atoms with van der Waals surface area (Å²) in [7, 11) is 0. The van der Waals surface area contributed by atoms with Crippen molar-refractivity contribution in [2.24, 2.45) is 0 Å². The van der Waals surface area contributed by atoms with E-state index in [0.29, 0.717) is 6.42 Å².